The van der Waals surface area contributed by atoms with Gasteiger partial charge in [-0.3, -0.25) is 9.89 Å². The summed E-state index contributed by atoms with van der Waals surface area (Å²) in [5.41, 5.74) is 2.20. The fourth-order valence-electron chi connectivity index (χ4n) is 2.47. The average molecular weight is 312 g/mol. The molecule has 0 spiro atoms. The van der Waals surface area contributed by atoms with E-state index in [1.807, 2.05) is 30.5 Å². The maximum Gasteiger partial charge on any atom is 0.328 e. The van der Waals surface area contributed by atoms with Gasteiger partial charge in [0.2, 0.25) is 0 Å². The molecule has 23 heavy (non-hydrogen) atoms. The maximum absolute atomic E-state index is 12.1. The van der Waals surface area contributed by atoms with Crippen molar-refractivity contribution in [3.05, 3.63) is 54.0 Å². The minimum Gasteiger partial charge on any atom is -0.467 e. The van der Waals surface area contributed by atoms with Gasteiger partial charge in [0.15, 0.2) is 0 Å². The van der Waals surface area contributed by atoms with Gasteiger partial charge in [0.25, 0.3) is 5.91 Å². The molecular weight excluding hydrogens is 296 g/mol. The number of hydrogen-bond acceptors (Lipinski definition) is 4. The normalized spacial score (nSPS) is 12.0. The molecule has 2 heterocycles. The van der Waals surface area contributed by atoms with Gasteiger partial charge in [-0.15, -0.1) is 0 Å². The Morgan fingerprint density at radius 1 is 1.30 bits per heavy atom. The van der Waals surface area contributed by atoms with E-state index < -0.39 is 17.9 Å². The summed E-state index contributed by atoms with van der Waals surface area (Å²) in [5.74, 6) is -0.902. The zero-order chi connectivity index (χ0) is 16.2. The van der Waals surface area contributed by atoms with Crippen LogP contribution in [0.4, 0.5) is 0 Å². The molecule has 0 radical (unpaired) electrons. The molecule has 0 unspecified atom stereocenters. The molecule has 0 saturated carbocycles. The van der Waals surface area contributed by atoms with Crippen LogP contribution in [0.15, 0.2) is 42.7 Å². The van der Waals surface area contributed by atoms with Crippen LogP contribution in [0.25, 0.3) is 10.9 Å². The number of benzene rings is 1. The van der Waals surface area contributed by atoms with Crippen molar-refractivity contribution in [2.24, 2.45) is 0 Å². The van der Waals surface area contributed by atoms with E-state index in [2.05, 4.69) is 20.5 Å². The van der Waals surface area contributed by atoms with Gasteiger partial charge in [-0.2, -0.15) is 5.10 Å². The average Bonchev–Trinajstić information content (AvgIpc) is 3.23. The monoisotopic (exact) mass is 312 g/mol. The van der Waals surface area contributed by atoms with Gasteiger partial charge < -0.3 is 15.0 Å². The summed E-state index contributed by atoms with van der Waals surface area (Å²) in [6, 6.07) is 8.53. The zero-order valence-electron chi connectivity index (χ0n) is 12.5. The highest BCUT2D eigenvalue weighted by Crippen LogP contribution is 2.19. The van der Waals surface area contributed by atoms with E-state index in [-0.39, 0.29) is 5.69 Å². The Morgan fingerprint density at radius 3 is 2.87 bits per heavy atom. The molecule has 7 nitrogen and oxygen atoms in total. The van der Waals surface area contributed by atoms with Crippen LogP contribution < -0.4 is 5.32 Å². The number of rotatable bonds is 5. The van der Waals surface area contributed by atoms with Crippen molar-refractivity contribution < 1.29 is 14.3 Å². The summed E-state index contributed by atoms with van der Waals surface area (Å²) in [7, 11) is 1.30. The van der Waals surface area contributed by atoms with E-state index >= 15 is 0 Å². The second-order valence-electron chi connectivity index (χ2n) is 5.08. The van der Waals surface area contributed by atoms with E-state index in [0.29, 0.717) is 6.42 Å². The van der Waals surface area contributed by atoms with Crippen molar-refractivity contribution in [1.82, 2.24) is 20.5 Å². The lowest BCUT2D eigenvalue weighted by atomic mass is 10.0. The third-order valence-electron chi connectivity index (χ3n) is 3.64. The van der Waals surface area contributed by atoms with E-state index in [0.717, 1.165) is 16.5 Å². The van der Waals surface area contributed by atoms with Crippen LogP contribution in [0.2, 0.25) is 0 Å². The Hall–Kier alpha value is -3.09. The van der Waals surface area contributed by atoms with Gasteiger partial charge in [-0.1, -0.05) is 18.2 Å². The van der Waals surface area contributed by atoms with Gasteiger partial charge in [-0.25, -0.2) is 4.79 Å². The summed E-state index contributed by atoms with van der Waals surface area (Å²) in [4.78, 5) is 27.3. The molecule has 2 aromatic heterocycles. The Morgan fingerprint density at radius 2 is 2.13 bits per heavy atom. The number of hydrogen-bond donors (Lipinski definition) is 3. The van der Waals surface area contributed by atoms with Gasteiger partial charge in [0.05, 0.1) is 7.11 Å². The smallest absolute Gasteiger partial charge is 0.328 e. The zero-order valence-corrected chi connectivity index (χ0v) is 12.5. The highest BCUT2D eigenvalue weighted by molar-refractivity contribution is 5.95. The number of nitrogens with one attached hydrogen (secondary N) is 3. The largest absolute Gasteiger partial charge is 0.467 e. The van der Waals surface area contributed by atoms with Crippen LogP contribution in [0.3, 0.4) is 0 Å². The van der Waals surface area contributed by atoms with Gasteiger partial charge in [0.1, 0.15) is 11.7 Å². The first-order valence-electron chi connectivity index (χ1n) is 7.12. The molecule has 0 bridgehead atoms. The second kappa shape index (κ2) is 6.35. The van der Waals surface area contributed by atoms with Gasteiger partial charge >= 0.3 is 5.97 Å². The second-order valence-corrected chi connectivity index (χ2v) is 5.08. The molecule has 0 saturated heterocycles. The number of H-pyrrole nitrogens is 2. The minimum absolute atomic E-state index is 0.290. The molecule has 1 amide bonds. The van der Waals surface area contributed by atoms with Crippen molar-refractivity contribution in [3.63, 3.8) is 0 Å². The lowest BCUT2D eigenvalue weighted by Gasteiger charge is -2.15. The van der Waals surface area contributed by atoms with Crippen molar-refractivity contribution in [2.75, 3.05) is 7.11 Å². The number of para-hydroxylation sites is 1. The first kappa shape index (κ1) is 14.8. The predicted octanol–water partition coefficient (Wildman–Crippen LogP) is 1.41. The molecule has 1 atom stereocenters. The molecule has 0 aliphatic heterocycles. The topological polar surface area (TPSA) is 99.9 Å². The Kier molecular flexibility index (Phi) is 4.09. The van der Waals surface area contributed by atoms with Crippen LogP contribution in [0.5, 0.6) is 0 Å². The first-order chi connectivity index (χ1) is 11.2. The number of aromatic amines is 2. The summed E-state index contributed by atoms with van der Waals surface area (Å²) < 4.78 is 4.80. The Bertz CT molecular complexity index is 823. The number of esters is 1. The number of carbonyl (C=O) groups is 2. The van der Waals surface area contributed by atoms with Crippen molar-refractivity contribution in [2.45, 2.75) is 12.5 Å². The summed E-state index contributed by atoms with van der Waals surface area (Å²) in [6.45, 7) is 0. The Balaban J connectivity index is 1.82. The fourth-order valence-corrected chi connectivity index (χ4v) is 2.47. The molecule has 1 aromatic carbocycles. The highest BCUT2D eigenvalue weighted by atomic mass is 16.5. The van der Waals surface area contributed by atoms with Crippen molar-refractivity contribution >= 4 is 22.8 Å². The number of nitrogens with zero attached hydrogens (tertiary/aromatic N) is 1. The van der Waals surface area contributed by atoms with Crippen LogP contribution in [-0.2, 0) is 16.0 Å². The first-order valence-corrected chi connectivity index (χ1v) is 7.12. The van der Waals surface area contributed by atoms with Crippen LogP contribution >= 0.6 is 0 Å². The van der Waals surface area contributed by atoms with E-state index in [1.54, 1.807) is 0 Å². The molecule has 0 fully saturated rings. The standard InChI is InChI=1S/C16H16N4O3/c1-23-16(22)14(19-15(21)13-6-7-18-20-13)8-10-9-17-12-5-3-2-4-11(10)12/h2-7,9,14,17H,8H2,1H3,(H,18,20)(H,19,21)/t14-/m1/s1. The summed E-state index contributed by atoms with van der Waals surface area (Å²) in [5, 5.41) is 9.98. The van der Waals surface area contributed by atoms with Crippen molar-refractivity contribution in [1.29, 1.82) is 0 Å². The van der Waals surface area contributed by atoms with E-state index in [9.17, 15) is 9.59 Å². The third-order valence-corrected chi connectivity index (χ3v) is 3.64. The number of carbonyl (C=O) groups excluding carboxylic acids is 2. The number of aromatic nitrogens is 3. The van der Waals surface area contributed by atoms with Gasteiger partial charge in [0, 0.05) is 29.7 Å². The molecule has 118 valence electrons. The highest BCUT2D eigenvalue weighted by Gasteiger charge is 2.24. The van der Waals surface area contributed by atoms with Crippen LogP contribution in [0.1, 0.15) is 16.1 Å². The van der Waals surface area contributed by atoms with E-state index in [1.165, 1.54) is 19.4 Å². The molecule has 7 heteroatoms. The SMILES string of the molecule is COC(=O)[C@@H](Cc1c[nH]c2ccccc12)NC(=O)c1ccn[nH]1. The van der Waals surface area contributed by atoms with Crippen LogP contribution in [-0.4, -0.2) is 40.2 Å². The lowest BCUT2D eigenvalue weighted by Crippen LogP contribution is -2.43. The summed E-state index contributed by atoms with van der Waals surface area (Å²) >= 11 is 0. The number of fused-ring (bicyclic) bond motifs is 1. The Labute approximate surface area is 132 Å². The van der Waals surface area contributed by atoms with E-state index in [4.69, 9.17) is 4.74 Å². The molecule has 3 aromatic rings. The minimum atomic E-state index is -0.782. The number of ether oxygens (including phenoxy) is 1. The third kappa shape index (κ3) is 3.08. The van der Waals surface area contributed by atoms with Gasteiger partial charge in [-0.05, 0) is 17.7 Å². The number of methoxy groups -OCH3 is 1. The molecule has 0 aliphatic rings. The molecule has 3 rings (SSSR count). The van der Waals surface area contributed by atoms with Crippen molar-refractivity contribution in [3.8, 4) is 0 Å². The predicted molar refractivity (Wildman–Crippen MR) is 83.9 cm³/mol. The maximum atomic E-state index is 12.1. The quantitative estimate of drug-likeness (QED) is 0.620. The fraction of sp³-hybridized carbons (Fsp3) is 0.188. The summed E-state index contributed by atoms with van der Waals surface area (Å²) in [6.07, 6.45) is 3.64. The molecule has 3 N–H and O–H groups in total. The molecular formula is C16H16N4O3. The lowest BCUT2D eigenvalue weighted by molar-refractivity contribution is -0.142. The molecule has 0 aliphatic carbocycles. The number of amides is 1. The van der Waals surface area contributed by atoms with Crippen LogP contribution in [0, 0.1) is 0 Å².